The molecule has 0 fully saturated rings. The summed E-state index contributed by atoms with van der Waals surface area (Å²) in [6.07, 6.45) is 3.31. The van der Waals surface area contributed by atoms with Gasteiger partial charge in [0.2, 0.25) is 0 Å². The number of benzene rings is 2. The van der Waals surface area contributed by atoms with Crippen LogP contribution < -0.4 is 5.32 Å². The van der Waals surface area contributed by atoms with Crippen molar-refractivity contribution in [2.75, 3.05) is 5.32 Å². The second kappa shape index (κ2) is 5.80. The van der Waals surface area contributed by atoms with E-state index >= 15 is 0 Å². The first-order valence-electron chi connectivity index (χ1n) is 6.51. The number of anilines is 1. The maximum atomic E-state index is 13.2. The molecule has 0 unspecified atom stereocenters. The topological polar surface area (TPSA) is 63.0 Å². The third-order valence-electron chi connectivity index (χ3n) is 3.13. The van der Waals surface area contributed by atoms with Crippen LogP contribution in [0.4, 0.5) is 14.5 Å². The lowest BCUT2D eigenvalue weighted by Gasteiger charge is -2.08. The van der Waals surface area contributed by atoms with Crippen molar-refractivity contribution in [3.8, 4) is 11.4 Å². The third kappa shape index (κ3) is 2.88. The van der Waals surface area contributed by atoms with E-state index in [9.17, 15) is 8.78 Å². The van der Waals surface area contributed by atoms with Gasteiger partial charge in [0.25, 0.3) is 0 Å². The van der Waals surface area contributed by atoms with Crippen LogP contribution >= 0.6 is 0 Å². The van der Waals surface area contributed by atoms with Crippen LogP contribution in [0.5, 0.6) is 5.75 Å². The molecule has 0 aliphatic heterocycles. The Labute approximate surface area is 124 Å². The first-order chi connectivity index (χ1) is 10.6. The standard InChI is InChI=1S/C15H12F2N4O/c16-13-7-10(8-14(17)15(13)22)9-18-11-1-3-12(4-2-11)21-6-5-19-20-21/h1-8,18,22H,9H2. The van der Waals surface area contributed by atoms with Gasteiger partial charge in [0.1, 0.15) is 0 Å². The molecule has 0 aliphatic rings. The zero-order chi connectivity index (χ0) is 15.5. The molecule has 0 amide bonds. The molecule has 112 valence electrons. The Balaban J connectivity index is 1.69. The molecule has 0 saturated carbocycles. The molecule has 3 rings (SSSR count). The third-order valence-corrected chi connectivity index (χ3v) is 3.13. The highest BCUT2D eigenvalue weighted by atomic mass is 19.1. The van der Waals surface area contributed by atoms with Gasteiger partial charge in [0.05, 0.1) is 18.1 Å². The molecule has 22 heavy (non-hydrogen) atoms. The molecule has 0 atom stereocenters. The molecule has 1 aromatic heterocycles. The minimum absolute atomic E-state index is 0.233. The molecule has 2 N–H and O–H groups in total. The van der Waals surface area contributed by atoms with Crippen molar-refractivity contribution in [2.45, 2.75) is 6.54 Å². The van der Waals surface area contributed by atoms with Crippen LogP contribution in [-0.4, -0.2) is 20.1 Å². The van der Waals surface area contributed by atoms with E-state index in [0.29, 0.717) is 5.56 Å². The van der Waals surface area contributed by atoms with Crippen molar-refractivity contribution < 1.29 is 13.9 Å². The largest absolute Gasteiger partial charge is 0.503 e. The second-order valence-electron chi connectivity index (χ2n) is 4.66. The van der Waals surface area contributed by atoms with E-state index in [1.165, 1.54) is 0 Å². The second-order valence-corrected chi connectivity index (χ2v) is 4.66. The Kier molecular flexibility index (Phi) is 3.69. The van der Waals surface area contributed by atoms with Gasteiger partial charge < -0.3 is 10.4 Å². The van der Waals surface area contributed by atoms with Gasteiger partial charge in [-0.15, -0.1) is 5.10 Å². The highest BCUT2D eigenvalue weighted by molar-refractivity contribution is 5.49. The fourth-order valence-electron chi connectivity index (χ4n) is 2.00. The summed E-state index contributed by atoms with van der Waals surface area (Å²) >= 11 is 0. The summed E-state index contributed by atoms with van der Waals surface area (Å²) in [5, 5.41) is 19.7. The van der Waals surface area contributed by atoms with E-state index in [-0.39, 0.29) is 6.54 Å². The molecule has 7 heteroatoms. The van der Waals surface area contributed by atoms with E-state index in [1.807, 2.05) is 24.3 Å². The maximum Gasteiger partial charge on any atom is 0.187 e. The number of aromatic nitrogens is 3. The van der Waals surface area contributed by atoms with Crippen LogP contribution in [0.1, 0.15) is 5.56 Å². The quantitative estimate of drug-likeness (QED) is 0.778. The average molecular weight is 302 g/mol. The minimum Gasteiger partial charge on any atom is -0.503 e. The number of phenols is 1. The molecule has 0 aliphatic carbocycles. The van der Waals surface area contributed by atoms with Gasteiger partial charge in [-0.2, -0.15) is 0 Å². The van der Waals surface area contributed by atoms with Crippen molar-refractivity contribution in [1.29, 1.82) is 0 Å². The van der Waals surface area contributed by atoms with Crippen LogP contribution in [0.25, 0.3) is 5.69 Å². The predicted octanol–water partition coefficient (Wildman–Crippen LogP) is 2.86. The molecular weight excluding hydrogens is 290 g/mol. The molecule has 0 radical (unpaired) electrons. The zero-order valence-corrected chi connectivity index (χ0v) is 11.4. The summed E-state index contributed by atoms with van der Waals surface area (Å²) in [6, 6.07) is 9.52. The van der Waals surface area contributed by atoms with Crippen molar-refractivity contribution in [2.24, 2.45) is 0 Å². The van der Waals surface area contributed by atoms with E-state index in [2.05, 4.69) is 15.6 Å². The molecular formula is C15H12F2N4O. The Bertz CT molecular complexity index is 750. The van der Waals surface area contributed by atoms with Gasteiger partial charge in [-0.3, -0.25) is 0 Å². The normalized spacial score (nSPS) is 10.6. The fraction of sp³-hybridized carbons (Fsp3) is 0.0667. The number of nitrogens with one attached hydrogen (secondary N) is 1. The highest BCUT2D eigenvalue weighted by Crippen LogP contribution is 2.22. The Hall–Kier alpha value is -2.96. The van der Waals surface area contributed by atoms with E-state index in [4.69, 9.17) is 5.11 Å². The number of rotatable bonds is 4. The first-order valence-corrected chi connectivity index (χ1v) is 6.51. The van der Waals surface area contributed by atoms with E-state index in [1.54, 1.807) is 17.1 Å². The monoisotopic (exact) mass is 302 g/mol. The smallest absolute Gasteiger partial charge is 0.187 e. The van der Waals surface area contributed by atoms with Gasteiger partial charge in [-0.25, -0.2) is 13.5 Å². The molecule has 1 heterocycles. The Morgan fingerprint density at radius 1 is 1.09 bits per heavy atom. The maximum absolute atomic E-state index is 13.2. The zero-order valence-electron chi connectivity index (χ0n) is 11.4. The molecule has 0 spiro atoms. The van der Waals surface area contributed by atoms with Crippen molar-refractivity contribution in [3.63, 3.8) is 0 Å². The summed E-state index contributed by atoms with van der Waals surface area (Å²) < 4.78 is 28.1. The minimum atomic E-state index is -0.974. The molecule has 2 aromatic carbocycles. The van der Waals surface area contributed by atoms with Crippen molar-refractivity contribution >= 4 is 5.69 Å². The number of nitrogens with zero attached hydrogens (tertiary/aromatic N) is 3. The summed E-state index contributed by atoms with van der Waals surface area (Å²) in [6.45, 7) is 0.233. The van der Waals surface area contributed by atoms with Crippen LogP contribution in [0.15, 0.2) is 48.8 Å². The lowest BCUT2D eigenvalue weighted by molar-refractivity contribution is 0.395. The lowest BCUT2D eigenvalue weighted by Crippen LogP contribution is -2.01. The van der Waals surface area contributed by atoms with Crippen LogP contribution in [0.3, 0.4) is 0 Å². The van der Waals surface area contributed by atoms with Crippen molar-refractivity contribution in [3.05, 3.63) is 66.0 Å². The summed E-state index contributed by atoms with van der Waals surface area (Å²) in [7, 11) is 0. The van der Waals surface area contributed by atoms with E-state index < -0.39 is 17.4 Å². The number of hydrogen-bond donors (Lipinski definition) is 2. The van der Waals surface area contributed by atoms with Gasteiger partial charge in [0, 0.05) is 12.2 Å². The fourth-order valence-corrected chi connectivity index (χ4v) is 2.00. The SMILES string of the molecule is Oc1c(F)cc(CNc2ccc(-n3ccnn3)cc2)cc1F. The predicted molar refractivity (Wildman–Crippen MR) is 76.7 cm³/mol. The summed E-state index contributed by atoms with van der Waals surface area (Å²) in [4.78, 5) is 0. The number of hydrogen-bond acceptors (Lipinski definition) is 4. The Morgan fingerprint density at radius 3 is 2.36 bits per heavy atom. The number of aromatic hydroxyl groups is 1. The van der Waals surface area contributed by atoms with Crippen molar-refractivity contribution in [1.82, 2.24) is 15.0 Å². The van der Waals surface area contributed by atoms with Crippen LogP contribution in [0, 0.1) is 11.6 Å². The van der Waals surface area contributed by atoms with E-state index in [0.717, 1.165) is 23.5 Å². The molecule has 0 bridgehead atoms. The summed E-state index contributed by atoms with van der Waals surface area (Å²) in [5.41, 5.74) is 2.04. The molecule has 3 aromatic rings. The van der Waals surface area contributed by atoms with Crippen LogP contribution in [-0.2, 0) is 6.54 Å². The lowest BCUT2D eigenvalue weighted by atomic mass is 10.2. The summed E-state index contributed by atoms with van der Waals surface area (Å²) in [5.74, 6) is -2.91. The number of phenolic OH excluding ortho intramolecular Hbond substituents is 1. The van der Waals surface area contributed by atoms with Gasteiger partial charge in [-0.1, -0.05) is 5.21 Å². The van der Waals surface area contributed by atoms with Gasteiger partial charge in [-0.05, 0) is 42.0 Å². The molecule has 0 saturated heterocycles. The van der Waals surface area contributed by atoms with Crippen LogP contribution in [0.2, 0.25) is 0 Å². The van der Waals surface area contributed by atoms with Gasteiger partial charge in [0.15, 0.2) is 17.4 Å². The van der Waals surface area contributed by atoms with Gasteiger partial charge >= 0.3 is 0 Å². The molecule has 5 nitrogen and oxygen atoms in total. The Morgan fingerprint density at radius 2 is 1.77 bits per heavy atom. The average Bonchev–Trinajstić information content (AvgIpc) is 3.05. The first kappa shape index (κ1) is 14.0. The number of halogens is 2. The highest BCUT2D eigenvalue weighted by Gasteiger charge is 2.09.